The molecule has 0 aliphatic carbocycles. The SMILES string of the molecule is Cc1ccc(C(=O)N(Cl)c2ccccc2Cl)cc1. The van der Waals surface area contributed by atoms with Gasteiger partial charge in [-0.2, -0.15) is 0 Å². The molecule has 0 fully saturated rings. The summed E-state index contributed by atoms with van der Waals surface area (Å²) in [6, 6.07) is 14.2. The first-order chi connectivity index (χ1) is 8.59. The van der Waals surface area contributed by atoms with Crippen molar-refractivity contribution in [2.24, 2.45) is 0 Å². The quantitative estimate of drug-likeness (QED) is 0.744. The molecule has 2 aromatic carbocycles. The number of benzene rings is 2. The Bertz CT molecular complexity index is 566. The number of carbonyl (C=O) groups is 1. The maximum Gasteiger partial charge on any atom is 0.272 e. The molecule has 0 atom stereocenters. The summed E-state index contributed by atoms with van der Waals surface area (Å²) in [4.78, 5) is 12.1. The van der Waals surface area contributed by atoms with Gasteiger partial charge >= 0.3 is 0 Å². The zero-order valence-electron chi connectivity index (χ0n) is 9.73. The summed E-state index contributed by atoms with van der Waals surface area (Å²) in [5.74, 6) is -0.301. The highest BCUT2D eigenvalue weighted by Crippen LogP contribution is 2.28. The van der Waals surface area contributed by atoms with Gasteiger partial charge in [0, 0.05) is 17.3 Å². The van der Waals surface area contributed by atoms with Crippen LogP contribution in [0.25, 0.3) is 0 Å². The van der Waals surface area contributed by atoms with Crippen molar-refractivity contribution in [2.75, 3.05) is 4.42 Å². The van der Waals surface area contributed by atoms with E-state index in [1.165, 1.54) is 0 Å². The van der Waals surface area contributed by atoms with E-state index in [0.29, 0.717) is 16.3 Å². The number of rotatable bonds is 2. The lowest BCUT2D eigenvalue weighted by atomic mass is 10.1. The van der Waals surface area contributed by atoms with Crippen LogP contribution in [0.2, 0.25) is 5.02 Å². The van der Waals surface area contributed by atoms with Gasteiger partial charge in [0.25, 0.3) is 5.91 Å². The number of aryl methyl sites for hydroxylation is 1. The summed E-state index contributed by atoms with van der Waals surface area (Å²) in [5, 5.41) is 0.438. The van der Waals surface area contributed by atoms with Crippen molar-refractivity contribution in [1.82, 2.24) is 0 Å². The Morgan fingerprint density at radius 2 is 1.67 bits per heavy atom. The van der Waals surface area contributed by atoms with Crippen molar-refractivity contribution in [3.05, 3.63) is 64.7 Å². The van der Waals surface area contributed by atoms with Gasteiger partial charge in [-0.15, -0.1) is 0 Å². The molecule has 1 amide bonds. The number of halogens is 2. The van der Waals surface area contributed by atoms with Crippen LogP contribution < -0.4 is 4.42 Å². The lowest BCUT2D eigenvalue weighted by molar-refractivity contribution is 0.101. The molecule has 92 valence electrons. The van der Waals surface area contributed by atoms with E-state index >= 15 is 0 Å². The lowest BCUT2D eigenvalue weighted by Gasteiger charge is -2.15. The summed E-state index contributed by atoms with van der Waals surface area (Å²) < 4.78 is 1.03. The molecular formula is C14H11Cl2NO. The molecule has 0 saturated heterocycles. The largest absolute Gasteiger partial charge is 0.272 e. The molecule has 0 aliphatic rings. The van der Waals surface area contributed by atoms with Crippen LogP contribution in [0.15, 0.2) is 48.5 Å². The van der Waals surface area contributed by atoms with Crippen molar-refractivity contribution < 1.29 is 4.79 Å². The fraction of sp³-hybridized carbons (Fsp3) is 0.0714. The maximum atomic E-state index is 12.1. The van der Waals surface area contributed by atoms with Crippen molar-refractivity contribution in [3.8, 4) is 0 Å². The van der Waals surface area contributed by atoms with Crippen molar-refractivity contribution in [1.29, 1.82) is 0 Å². The molecular weight excluding hydrogens is 269 g/mol. The van der Waals surface area contributed by atoms with E-state index in [1.54, 1.807) is 36.4 Å². The normalized spacial score (nSPS) is 10.2. The van der Waals surface area contributed by atoms with Crippen molar-refractivity contribution in [2.45, 2.75) is 6.92 Å². The summed E-state index contributed by atoms with van der Waals surface area (Å²) in [6.07, 6.45) is 0. The zero-order chi connectivity index (χ0) is 13.1. The number of nitrogens with zero attached hydrogens (tertiary/aromatic N) is 1. The van der Waals surface area contributed by atoms with Gasteiger partial charge in [-0.3, -0.25) is 4.79 Å². The first kappa shape index (κ1) is 12.9. The number of hydrogen-bond acceptors (Lipinski definition) is 1. The summed E-state index contributed by atoms with van der Waals surface area (Å²) in [6.45, 7) is 1.96. The van der Waals surface area contributed by atoms with E-state index in [0.717, 1.165) is 9.98 Å². The van der Waals surface area contributed by atoms with Gasteiger partial charge < -0.3 is 0 Å². The van der Waals surface area contributed by atoms with Crippen LogP contribution in [-0.4, -0.2) is 5.91 Å². The first-order valence-electron chi connectivity index (χ1n) is 5.41. The monoisotopic (exact) mass is 279 g/mol. The molecule has 0 bridgehead atoms. The molecule has 4 heteroatoms. The van der Waals surface area contributed by atoms with E-state index < -0.39 is 0 Å². The molecule has 0 aliphatic heterocycles. The molecule has 0 aromatic heterocycles. The standard InChI is InChI=1S/C14H11Cl2NO/c1-10-6-8-11(9-7-10)14(18)17(16)13-5-3-2-4-12(13)15/h2-9H,1H3. The summed E-state index contributed by atoms with van der Waals surface area (Å²) in [5.41, 5.74) is 2.09. The zero-order valence-corrected chi connectivity index (χ0v) is 11.2. The Labute approximate surface area is 116 Å². The van der Waals surface area contributed by atoms with Gasteiger partial charge in [0.1, 0.15) is 0 Å². The molecule has 0 saturated carbocycles. The van der Waals surface area contributed by atoms with Crippen LogP contribution in [0.3, 0.4) is 0 Å². The minimum atomic E-state index is -0.301. The van der Waals surface area contributed by atoms with Crippen LogP contribution in [0.4, 0.5) is 5.69 Å². The first-order valence-corrected chi connectivity index (χ1v) is 6.12. The number of hydrogen-bond donors (Lipinski definition) is 0. The highest BCUT2D eigenvalue weighted by molar-refractivity contribution is 6.43. The molecule has 0 N–H and O–H groups in total. The van der Waals surface area contributed by atoms with Crippen LogP contribution in [0.5, 0.6) is 0 Å². The number of para-hydroxylation sites is 1. The minimum absolute atomic E-state index is 0.301. The van der Waals surface area contributed by atoms with Crippen molar-refractivity contribution >= 4 is 35.0 Å². The smallest absolute Gasteiger partial charge is 0.267 e. The van der Waals surface area contributed by atoms with Gasteiger partial charge in [0.05, 0.1) is 10.7 Å². The molecule has 2 nitrogen and oxygen atoms in total. The minimum Gasteiger partial charge on any atom is -0.267 e. The van der Waals surface area contributed by atoms with E-state index in [4.69, 9.17) is 23.4 Å². The predicted octanol–water partition coefficient (Wildman–Crippen LogP) is 4.45. The molecule has 0 radical (unpaired) electrons. The van der Waals surface area contributed by atoms with Crippen LogP contribution in [-0.2, 0) is 0 Å². The topological polar surface area (TPSA) is 20.3 Å². The van der Waals surface area contributed by atoms with E-state index in [2.05, 4.69) is 0 Å². The molecule has 2 rings (SSSR count). The molecule has 18 heavy (non-hydrogen) atoms. The maximum absolute atomic E-state index is 12.1. The molecule has 0 heterocycles. The van der Waals surface area contributed by atoms with Crippen LogP contribution >= 0.6 is 23.4 Å². The lowest BCUT2D eigenvalue weighted by Crippen LogP contribution is -2.20. The van der Waals surface area contributed by atoms with E-state index in [-0.39, 0.29) is 5.91 Å². The number of amides is 1. The van der Waals surface area contributed by atoms with E-state index in [9.17, 15) is 4.79 Å². The molecule has 0 spiro atoms. The van der Waals surface area contributed by atoms with Gasteiger partial charge in [-0.25, -0.2) is 4.42 Å². The predicted molar refractivity (Wildman–Crippen MR) is 75.3 cm³/mol. The number of anilines is 1. The van der Waals surface area contributed by atoms with Crippen molar-refractivity contribution in [3.63, 3.8) is 0 Å². The van der Waals surface area contributed by atoms with Gasteiger partial charge in [0.2, 0.25) is 0 Å². The average molecular weight is 280 g/mol. The third-order valence-corrected chi connectivity index (χ3v) is 3.20. The Balaban J connectivity index is 2.29. The third-order valence-electron chi connectivity index (χ3n) is 2.54. The Morgan fingerprint density at radius 1 is 1.06 bits per heavy atom. The van der Waals surface area contributed by atoms with Gasteiger partial charge in [-0.05, 0) is 31.2 Å². The van der Waals surface area contributed by atoms with Gasteiger partial charge in [-0.1, -0.05) is 41.4 Å². The second-order valence-electron chi connectivity index (χ2n) is 3.90. The average Bonchev–Trinajstić information content (AvgIpc) is 2.38. The fourth-order valence-electron chi connectivity index (χ4n) is 1.53. The van der Waals surface area contributed by atoms with E-state index in [1.807, 2.05) is 19.1 Å². The highest BCUT2D eigenvalue weighted by Gasteiger charge is 2.17. The Hall–Kier alpha value is -1.51. The molecule has 0 unspecified atom stereocenters. The van der Waals surface area contributed by atoms with Crippen LogP contribution in [0.1, 0.15) is 15.9 Å². The van der Waals surface area contributed by atoms with Gasteiger partial charge in [0.15, 0.2) is 0 Å². The Kier molecular flexibility index (Phi) is 3.90. The molecule has 2 aromatic rings. The number of carbonyl (C=O) groups excluding carboxylic acids is 1. The summed E-state index contributed by atoms with van der Waals surface area (Å²) in [7, 11) is 0. The highest BCUT2D eigenvalue weighted by atomic mass is 35.5. The fourth-order valence-corrected chi connectivity index (χ4v) is 2.04. The Morgan fingerprint density at radius 3 is 2.28 bits per heavy atom. The van der Waals surface area contributed by atoms with Crippen LogP contribution in [0, 0.1) is 6.92 Å². The second kappa shape index (κ2) is 5.42. The third kappa shape index (κ3) is 2.66. The summed E-state index contributed by atoms with van der Waals surface area (Å²) >= 11 is 12.0. The second-order valence-corrected chi connectivity index (χ2v) is 4.65.